The van der Waals surface area contributed by atoms with Crippen molar-refractivity contribution in [1.29, 1.82) is 0 Å². The van der Waals surface area contributed by atoms with Gasteiger partial charge in [0.05, 0.1) is 5.52 Å². The maximum absolute atomic E-state index is 13.1. The Morgan fingerprint density at radius 3 is 2.41 bits per heavy atom. The molecule has 0 atom stereocenters. The molecule has 1 N–H and O–H groups in total. The van der Waals surface area contributed by atoms with Gasteiger partial charge in [0, 0.05) is 37.3 Å². The minimum absolute atomic E-state index is 0.0180. The zero-order valence-electron chi connectivity index (χ0n) is 12.1. The highest BCUT2D eigenvalue weighted by molar-refractivity contribution is 5.93. The van der Waals surface area contributed by atoms with Gasteiger partial charge in [-0.3, -0.25) is 0 Å². The monoisotopic (exact) mass is 311 g/mol. The smallest absolute Gasteiger partial charge is 0.433 e. The van der Waals surface area contributed by atoms with E-state index in [-0.39, 0.29) is 11.3 Å². The Bertz CT molecular complexity index is 694. The number of hydrogen-bond acceptors (Lipinski definition) is 4. The van der Waals surface area contributed by atoms with Crippen LogP contribution in [-0.2, 0) is 6.18 Å². The Morgan fingerprint density at radius 2 is 1.77 bits per heavy atom. The number of alkyl halides is 3. The summed E-state index contributed by atoms with van der Waals surface area (Å²) in [5, 5.41) is 10.2. The van der Waals surface area contributed by atoms with E-state index in [1.165, 1.54) is 18.2 Å². The van der Waals surface area contributed by atoms with Crippen LogP contribution in [0.15, 0.2) is 24.3 Å². The average molecular weight is 311 g/mol. The van der Waals surface area contributed by atoms with Crippen LogP contribution in [-0.4, -0.2) is 48.2 Å². The lowest BCUT2D eigenvalue weighted by Gasteiger charge is -2.34. The molecule has 4 nitrogen and oxygen atoms in total. The molecule has 7 heteroatoms. The highest BCUT2D eigenvalue weighted by atomic mass is 19.4. The Kier molecular flexibility index (Phi) is 3.60. The summed E-state index contributed by atoms with van der Waals surface area (Å²) in [7, 11) is 1.98. The van der Waals surface area contributed by atoms with Crippen LogP contribution in [0.25, 0.3) is 10.9 Å². The van der Waals surface area contributed by atoms with Crippen molar-refractivity contribution in [2.45, 2.75) is 6.18 Å². The number of phenols is 1. The van der Waals surface area contributed by atoms with Gasteiger partial charge in [0.25, 0.3) is 0 Å². The van der Waals surface area contributed by atoms with Crippen LogP contribution >= 0.6 is 0 Å². The van der Waals surface area contributed by atoms with Crippen molar-refractivity contribution in [2.75, 3.05) is 38.1 Å². The maximum atomic E-state index is 13.1. The van der Waals surface area contributed by atoms with Gasteiger partial charge in [-0.15, -0.1) is 0 Å². The van der Waals surface area contributed by atoms with E-state index in [0.717, 1.165) is 19.2 Å². The molecule has 0 unspecified atom stereocenters. The molecule has 0 spiro atoms. The Morgan fingerprint density at radius 1 is 1.09 bits per heavy atom. The summed E-state index contributed by atoms with van der Waals surface area (Å²) < 4.78 is 39.2. The topological polar surface area (TPSA) is 39.6 Å². The first-order chi connectivity index (χ1) is 10.3. The molecule has 0 saturated carbocycles. The lowest BCUT2D eigenvalue weighted by atomic mass is 10.1. The van der Waals surface area contributed by atoms with E-state index in [1.807, 2.05) is 11.9 Å². The van der Waals surface area contributed by atoms with Gasteiger partial charge in [0.15, 0.2) is 0 Å². The number of likely N-dealkylation sites (N-methyl/N-ethyl adjacent to an activating group) is 1. The number of phenolic OH excluding ortho intramolecular Hbond substituents is 1. The summed E-state index contributed by atoms with van der Waals surface area (Å²) in [6, 6.07) is 5.31. The van der Waals surface area contributed by atoms with Crippen molar-refractivity contribution < 1.29 is 18.3 Å². The molecule has 1 saturated heterocycles. The van der Waals surface area contributed by atoms with Crippen molar-refractivity contribution in [3.63, 3.8) is 0 Å². The molecule has 0 radical (unpaired) electrons. The van der Waals surface area contributed by atoms with Crippen molar-refractivity contribution in [1.82, 2.24) is 9.88 Å². The fraction of sp³-hybridized carbons (Fsp3) is 0.400. The lowest BCUT2D eigenvalue weighted by Crippen LogP contribution is -2.44. The number of anilines is 1. The SMILES string of the molecule is CN1CCN(c2cc(C(F)(F)F)nc3ccc(O)cc23)CC1. The molecule has 1 aromatic carbocycles. The summed E-state index contributed by atoms with van der Waals surface area (Å²) in [4.78, 5) is 7.73. The van der Waals surface area contributed by atoms with Crippen molar-refractivity contribution >= 4 is 16.6 Å². The fourth-order valence-electron chi connectivity index (χ4n) is 2.65. The minimum atomic E-state index is -4.49. The van der Waals surface area contributed by atoms with Crippen LogP contribution < -0.4 is 4.90 Å². The van der Waals surface area contributed by atoms with Gasteiger partial charge in [-0.2, -0.15) is 13.2 Å². The first-order valence-corrected chi connectivity index (χ1v) is 6.99. The molecule has 22 heavy (non-hydrogen) atoms. The van der Waals surface area contributed by atoms with Gasteiger partial charge in [-0.1, -0.05) is 0 Å². The summed E-state index contributed by atoms with van der Waals surface area (Å²) in [6.07, 6.45) is -4.49. The van der Waals surface area contributed by atoms with E-state index < -0.39 is 11.9 Å². The van der Waals surface area contributed by atoms with E-state index in [1.54, 1.807) is 0 Å². The van der Waals surface area contributed by atoms with Crippen molar-refractivity contribution in [3.05, 3.63) is 30.0 Å². The second kappa shape index (κ2) is 5.31. The molecule has 118 valence electrons. The third-order valence-electron chi connectivity index (χ3n) is 3.90. The highest BCUT2D eigenvalue weighted by Gasteiger charge is 2.34. The standard InChI is InChI=1S/C15H16F3N3O/c1-20-4-6-21(7-5-20)13-9-14(15(16,17)18)19-12-3-2-10(22)8-11(12)13/h2-3,8-9,22H,4-7H2,1H3. The molecule has 0 amide bonds. The lowest BCUT2D eigenvalue weighted by molar-refractivity contribution is -0.140. The number of piperazine rings is 1. The number of benzene rings is 1. The zero-order chi connectivity index (χ0) is 15.9. The molecule has 2 aromatic rings. The second-order valence-corrected chi connectivity index (χ2v) is 5.52. The molecule has 2 heterocycles. The molecule has 0 aliphatic carbocycles. The molecule has 1 aliphatic heterocycles. The van der Waals surface area contributed by atoms with Crippen LogP contribution in [0.3, 0.4) is 0 Å². The normalized spacial score (nSPS) is 17.2. The number of hydrogen-bond donors (Lipinski definition) is 1. The van der Waals surface area contributed by atoms with E-state index in [0.29, 0.717) is 24.2 Å². The van der Waals surface area contributed by atoms with Crippen LogP contribution in [0.1, 0.15) is 5.69 Å². The first-order valence-electron chi connectivity index (χ1n) is 6.99. The van der Waals surface area contributed by atoms with E-state index in [9.17, 15) is 18.3 Å². The molecule has 1 fully saturated rings. The largest absolute Gasteiger partial charge is 0.508 e. The van der Waals surface area contributed by atoms with Gasteiger partial charge in [0.2, 0.25) is 0 Å². The van der Waals surface area contributed by atoms with E-state index in [2.05, 4.69) is 9.88 Å². The number of rotatable bonds is 1. The van der Waals surface area contributed by atoms with Crippen molar-refractivity contribution in [3.8, 4) is 5.75 Å². The number of pyridine rings is 1. The van der Waals surface area contributed by atoms with Crippen LogP contribution in [0, 0.1) is 0 Å². The molecular weight excluding hydrogens is 295 g/mol. The van der Waals surface area contributed by atoms with Crippen molar-refractivity contribution in [2.24, 2.45) is 0 Å². The van der Waals surface area contributed by atoms with E-state index in [4.69, 9.17) is 0 Å². The molecular formula is C15H16F3N3O. The van der Waals surface area contributed by atoms with E-state index >= 15 is 0 Å². The van der Waals surface area contributed by atoms with Gasteiger partial charge in [-0.05, 0) is 31.3 Å². The minimum Gasteiger partial charge on any atom is -0.508 e. The zero-order valence-corrected chi connectivity index (χ0v) is 12.1. The number of nitrogens with zero attached hydrogens (tertiary/aromatic N) is 3. The Balaban J connectivity index is 2.14. The third kappa shape index (κ3) is 2.81. The highest BCUT2D eigenvalue weighted by Crippen LogP contribution is 2.36. The Labute approximate surface area is 125 Å². The summed E-state index contributed by atoms with van der Waals surface area (Å²) >= 11 is 0. The molecule has 0 bridgehead atoms. The third-order valence-corrected chi connectivity index (χ3v) is 3.90. The predicted octanol–water partition coefficient (Wildman–Crippen LogP) is 2.71. The summed E-state index contributed by atoms with van der Waals surface area (Å²) in [5.41, 5.74) is -0.192. The quantitative estimate of drug-likeness (QED) is 0.879. The number of aromatic hydroxyl groups is 1. The maximum Gasteiger partial charge on any atom is 0.433 e. The predicted molar refractivity (Wildman–Crippen MR) is 78.1 cm³/mol. The number of halogens is 3. The van der Waals surface area contributed by atoms with Gasteiger partial charge < -0.3 is 14.9 Å². The first kappa shape index (κ1) is 14.9. The van der Waals surface area contributed by atoms with Gasteiger partial charge in [0.1, 0.15) is 11.4 Å². The molecule has 3 rings (SSSR count). The summed E-state index contributed by atoms with van der Waals surface area (Å²) in [5.74, 6) is 0.0180. The second-order valence-electron chi connectivity index (χ2n) is 5.52. The fourth-order valence-corrected chi connectivity index (χ4v) is 2.65. The Hall–Kier alpha value is -2.02. The molecule has 1 aliphatic rings. The number of fused-ring (bicyclic) bond motifs is 1. The molecule has 1 aromatic heterocycles. The average Bonchev–Trinajstić information content (AvgIpc) is 2.46. The van der Waals surface area contributed by atoms with Crippen LogP contribution in [0.5, 0.6) is 5.75 Å². The van der Waals surface area contributed by atoms with Gasteiger partial charge in [-0.25, -0.2) is 4.98 Å². The van der Waals surface area contributed by atoms with Crippen LogP contribution in [0.2, 0.25) is 0 Å². The number of aromatic nitrogens is 1. The summed E-state index contributed by atoms with van der Waals surface area (Å²) in [6.45, 7) is 2.85. The van der Waals surface area contributed by atoms with Gasteiger partial charge >= 0.3 is 6.18 Å². The van der Waals surface area contributed by atoms with Crippen LogP contribution in [0.4, 0.5) is 18.9 Å².